The zero-order valence-corrected chi connectivity index (χ0v) is 17.3. The van der Waals surface area contributed by atoms with Gasteiger partial charge in [0.2, 0.25) is 0 Å². The van der Waals surface area contributed by atoms with Crippen LogP contribution in [0.2, 0.25) is 0 Å². The summed E-state index contributed by atoms with van der Waals surface area (Å²) in [4.78, 5) is 23.3. The van der Waals surface area contributed by atoms with Crippen LogP contribution in [-0.4, -0.2) is 53.0 Å². The quantitative estimate of drug-likeness (QED) is 0.599. The van der Waals surface area contributed by atoms with Crippen molar-refractivity contribution in [2.45, 2.75) is 20.4 Å². The van der Waals surface area contributed by atoms with Crippen molar-refractivity contribution in [3.8, 4) is 0 Å². The van der Waals surface area contributed by atoms with Crippen molar-refractivity contribution in [1.82, 2.24) is 14.5 Å². The van der Waals surface area contributed by atoms with Gasteiger partial charge in [-0.05, 0) is 43.5 Å². The lowest BCUT2D eigenvalue weighted by molar-refractivity contribution is 0.0925. The Morgan fingerprint density at radius 1 is 1.11 bits per heavy atom. The molecule has 6 heteroatoms. The number of aryl methyl sites for hydroxylation is 1. The molecule has 4 heterocycles. The van der Waals surface area contributed by atoms with Crippen LogP contribution in [0, 0.1) is 13.8 Å². The first kappa shape index (κ1) is 18.9. The summed E-state index contributed by atoms with van der Waals surface area (Å²) in [5.74, 6) is 1.24. The van der Waals surface area contributed by atoms with E-state index in [1.165, 1.54) is 4.88 Å². The minimum absolute atomic E-state index is 0.219. The highest BCUT2D eigenvalue weighted by Crippen LogP contribution is 2.20. The topological polar surface area (TPSA) is 41.4 Å². The third-order valence-corrected chi connectivity index (χ3v) is 6.34. The van der Waals surface area contributed by atoms with E-state index in [-0.39, 0.29) is 5.78 Å². The molecule has 1 aliphatic heterocycles. The average Bonchev–Trinajstić information content (AvgIpc) is 3.33. The van der Waals surface area contributed by atoms with Crippen LogP contribution in [0.3, 0.4) is 0 Å². The number of nitrogens with zero attached hydrogens (tertiary/aromatic N) is 4. The first-order chi connectivity index (χ1) is 13.6. The minimum Gasteiger partial charge on any atom is -0.354 e. The van der Waals surface area contributed by atoms with E-state index in [9.17, 15) is 4.79 Å². The molecule has 28 heavy (non-hydrogen) atoms. The normalized spacial score (nSPS) is 15.1. The number of aromatic nitrogens is 2. The van der Waals surface area contributed by atoms with Crippen molar-refractivity contribution in [1.29, 1.82) is 0 Å². The maximum absolute atomic E-state index is 13.0. The Bertz CT molecular complexity index is 925. The fourth-order valence-corrected chi connectivity index (χ4v) is 4.54. The Labute approximate surface area is 170 Å². The van der Waals surface area contributed by atoms with Crippen molar-refractivity contribution >= 4 is 22.9 Å². The van der Waals surface area contributed by atoms with Crippen molar-refractivity contribution in [3.05, 3.63) is 69.8 Å². The Morgan fingerprint density at radius 3 is 2.61 bits per heavy atom. The smallest absolute Gasteiger partial charge is 0.178 e. The van der Waals surface area contributed by atoms with E-state index in [0.717, 1.165) is 55.5 Å². The summed E-state index contributed by atoms with van der Waals surface area (Å²) in [7, 11) is 0. The van der Waals surface area contributed by atoms with E-state index in [0.29, 0.717) is 6.54 Å². The summed E-state index contributed by atoms with van der Waals surface area (Å²) >= 11 is 1.76. The van der Waals surface area contributed by atoms with Crippen molar-refractivity contribution < 1.29 is 4.79 Å². The van der Waals surface area contributed by atoms with Crippen LogP contribution < -0.4 is 4.90 Å². The molecule has 1 saturated heterocycles. The molecule has 5 nitrogen and oxygen atoms in total. The van der Waals surface area contributed by atoms with Gasteiger partial charge >= 0.3 is 0 Å². The Morgan fingerprint density at radius 2 is 1.93 bits per heavy atom. The molecule has 1 fully saturated rings. The minimum atomic E-state index is 0.219. The zero-order valence-electron chi connectivity index (χ0n) is 16.5. The fourth-order valence-electron chi connectivity index (χ4n) is 3.85. The average molecular weight is 395 g/mol. The Balaban J connectivity index is 1.38. The molecule has 3 aromatic heterocycles. The summed E-state index contributed by atoms with van der Waals surface area (Å²) in [6.45, 7) is 9.05. The first-order valence-corrected chi connectivity index (χ1v) is 10.6. The van der Waals surface area contributed by atoms with Gasteiger partial charge in [0.1, 0.15) is 5.82 Å². The molecule has 0 atom stereocenters. The molecule has 0 N–H and O–H groups in total. The van der Waals surface area contributed by atoms with Crippen LogP contribution in [0.25, 0.3) is 0 Å². The molecule has 3 aromatic rings. The van der Waals surface area contributed by atoms with E-state index in [2.05, 4.69) is 56.8 Å². The van der Waals surface area contributed by atoms with E-state index in [1.807, 2.05) is 24.4 Å². The molecule has 146 valence electrons. The second-order valence-electron chi connectivity index (χ2n) is 7.32. The lowest BCUT2D eigenvalue weighted by Gasteiger charge is -2.35. The zero-order chi connectivity index (χ0) is 19.5. The van der Waals surface area contributed by atoms with Crippen LogP contribution in [0.1, 0.15) is 26.6 Å². The predicted octanol–water partition coefficient (Wildman–Crippen LogP) is 3.61. The molecule has 4 rings (SSSR count). The second-order valence-corrected chi connectivity index (χ2v) is 8.36. The lowest BCUT2D eigenvalue weighted by Crippen LogP contribution is -2.48. The first-order valence-electron chi connectivity index (χ1n) is 9.72. The Hall–Kier alpha value is -2.44. The second kappa shape index (κ2) is 8.29. The Kier molecular flexibility index (Phi) is 5.59. The van der Waals surface area contributed by atoms with Crippen LogP contribution in [0.15, 0.2) is 48.0 Å². The third-order valence-electron chi connectivity index (χ3n) is 5.48. The number of hydrogen-bond donors (Lipinski definition) is 0. The van der Waals surface area contributed by atoms with Gasteiger partial charge in [-0.1, -0.05) is 12.1 Å². The molecule has 0 aromatic carbocycles. The summed E-state index contributed by atoms with van der Waals surface area (Å²) < 4.78 is 2.25. The van der Waals surface area contributed by atoms with Gasteiger partial charge in [-0.25, -0.2) is 4.98 Å². The van der Waals surface area contributed by atoms with Crippen molar-refractivity contribution in [2.24, 2.45) is 0 Å². The number of carbonyl (C=O) groups excluding carboxylic acids is 1. The molecule has 0 unspecified atom stereocenters. The van der Waals surface area contributed by atoms with Gasteiger partial charge in [0.25, 0.3) is 0 Å². The highest BCUT2D eigenvalue weighted by atomic mass is 32.1. The largest absolute Gasteiger partial charge is 0.354 e. The van der Waals surface area contributed by atoms with Gasteiger partial charge in [-0.2, -0.15) is 0 Å². The summed E-state index contributed by atoms with van der Waals surface area (Å²) in [6, 6.07) is 12.3. The third kappa shape index (κ3) is 4.03. The summed E-state index contributed by atoms with van der Waals surface area (Å²) in [6.07, 6.45) is 1.83. The summed E-state index contributed by atoms with van der Waals surface area (Å²) in [5.41, 5.74) is 3.08. The highest BCUT2D eigenvalue weighted by Gasteiger charge is 2.22. The van der Waals surface area contributed by atoms with Crippen LogP contribution in [0.5, 0.6) is 0 Å². The molecular weight excluding hydrogens is 368 g/mol. The standard InChI is InChI=1S/C22H26N4OS/c1-17-14-20(18(2)26(17)15-19-6-5-13-28-19)21(27)16-24-9-11-25(12-10-24)22-7-3-4-8-23-22/h3-8,13-14H,9-12,15-16H2,1-2H3. The predicted molar refractivity (Wildman–Crippen MR) is 115 cm³/mol. The number of pyridine rings is 1. The number of rotatable bonds is 6. The van der Waals surface area contributed by atoms with Gasteiger partial charge in [0, 0.05) is 54.2 Å². The number of ketones is 1. The van der Waals surface area contributed by atoms with E-state index >= 15 is 0 Å². The molecule has 0 amide bonds. The maximum atomic E-state index is 13.0. The highest BCUT2D eigenvalue weighted by molar-refractivity contribution is 7.09. The SMILES string of the molecule is Cc1cc(C(=O)CN2CCN(c3ccccn3)CC2)c(C)n1Cc1cccs1. The van der Waals surface area contributed by atoms with Gasteiger partial charge < -0.3 is 9.47 Å². The number of anilines is 1. The van der Waals surface area contributed by atoms with Gasteiger partial charge in [-0.15, -0.1) is 11.3 Å². The summed E-state index contributed by atoms with van der Waals surface area (Å²) in [5, 5.41) is 2.10. The van der Waals surface area contributed by atoms with Gasteiger partial charge in [0.15, 0.2) is 5.78 Å². The number of piperazine rings is 1. The number of carbonyl (C=O) groups is 1. The molecule has 0 saturated carbocycles. The number of hydrogen-bond acceptors (Lipinski definition) is 5. The number of Topliss-reactive ketones (excluding diaryl/α,β-unsaturated/α-hetero) is 1. The van der Waals surface area contributed by atoms with Gasteiger partial charge in [-0.3, -0.25) is 9.69 Å². The molecular formula is C22H26N4OS. The van der Waals surface area contributed by atoms with E-state index in [4.69, 9.17) is 0 Å². The van der Waals surface area contributed by atoms with Crippen molar-refractivity contribution in [3.63, 3.8) is 0 Å². The van der Waals surface area contributed by atoms with Crippen molar-refractivity contribution in [2.75, 3.05) is 37.6 Å². The number of thiophene rings is 1. The van der Waals surface area contributed by atoms with E-state index < -0.39 is 0 Å². The maximum Gasteiger partial charge on any atom is 0.178 e. The molecule has 1 aliphatic rings. The van der Waals surface area contributed by atoms with E-state index in [1.54, 1.807) is 11.3 Å². The molecule has 0 aliphatic carbocycles. The molecule has 0 radical (unpaired) electrons. The molecule has 0 spiro atoms. The lowest BCUT2D eigenvalue weighted by atomic mass is 10.1. The van der Waals surface area contributed by atoms with Crippen LogP contribution >= 0.6 is 11.3 Å². The fraction of sp³-hybridized carbons (Fsp3) is 0.364. The molecule has 0 bridgehead atoms. The van der Waals surface area contributed by atoms with Crippen LogP contribution in [-0.2, 0) is 6.54 Å². The van der Waals surface area contributed by atoms with Crippen LogP contribution in [0.4, 0.5) is 5.82 Å². The van der Waals surface area contributed by atoms with Gasteiger partial charge in [0.05, 0.1) is 13.1 Å². The monoisotopic (exact) mass is 394 g/mol.